The normalized spacial score (nSPS) is 19.6. The van der Waals surface area contributed by atoms with Gasteiger partial charge in [-0.05, 0) is 37.0 Å². The number of imide groups is 1. The van der Waals surface area contributed by atoms with Gasteiger partial charge in [0.05, 0.1) is 18.2 Å². The lowest BCUT2D eigenvalue weighted by molar-refractivity contribution is -0.131. The quantitative estimate of drug-likeness (QED) is 0.855. The molecule has 2 aromatic rings. The van der Waals surface area contributed by atoms with Gasteiger partial charge in [-0.3, -0.25) is 9.69 Å². The van der Waals surface area contributed by atoms with Gasteiger partial charge >= 0.3 is 6.03 Å². The second-order valence-electron chi connectivity index (χ2n) is 6.41. The molecule has 1 N–H and O–H groups in total. The van der Waals surface area contributed by atoms with Gasteiger partial charge in [-0.2, -0.15) is 5.26 Å². The van der Waals surface area contributed by atoms with E-state index in [-0.39, 0.29) is 12.5 Å². The molecule has 0 aliphatic carbocycles. The largest absolute Gasteiger partial charge is 0.325 e. The molecule has 3 amide bonds. The minimum Gasteiger partial charge on any atom is -0.323 e. The summed E-state index contributed by atoms with van der Waals surface area (Å²) in [5.74, 6) is -0.249. The summed E-state index contributed by atoms with van der Waals surface area (Å²) in [6.07, 6.45) is 1.23. The van der Waals surface area contributed by atoms with Crippen LogP contribution in [0.2, 0.25) is 0 Å². The SMILES string of the molecule is C[C@]1(CCc2ccccc2)NC(=O)N(Cc2ccccc2C#N)C1=O. The van der Waals surface area contributed by atoms with Crippen LogP contribution in [0.15, 0.2) is 54.6 Å². The Morgan fingerprint density at radius 3 is 2.48 bits per heavy atom. The number of nitrogens with zero attached hydrogens (tertiary/aromatic N) is 2. The highest BCUT2D eigenvalue weighted by Gasteiger charge is 2.47. The van der Waals surface area contributed by atoms with E-state index >= 15 is 0 Å². The van der Waals surface area contributed by atoms with E-state index in [1.165, 1.54) is 4.90 Å². The van der Waals surface area contributed by atoms with Crippen LogP contribution in [0, 0.1) is 11.3 Å². The first-order valence-electron chi connectivity index (χ1n) is 8.19. The number of benzene rings is 2. The van der Waals surface area contributed by atoms with E-state index in [2.05, 4.69) is 11.4 Å². The molecule has 0 aromatic heterocycles. The second-order valence-corrected chi connectivity index (χ2v) is 6.41. The van der Waals surface area contributed by atoms with Gasteiger partial charge in [0.1, 0.15) is 5.54 Å². The molecule has 1 saturated heterocycles. The lowest BCUT2D eigenvalue weighted by Gasteiger charge is -2.21. The van der Waals surface area contributed by atoms with E-state index in [9.17, 15) is 14.9 Å². The molecule has 0 radical (unpaired) electrons. The van der Waals surface area contributed by atoms with Crippen LogP contribution >= 0.6 is 0 Å². The van der Waals surface area contributed by atoms with Crippen molar-refractivity contribution in [2.75, 3.05) is 0 Å². The lowest BCUT2D eigenvalue weighted by atomic mass is 9.93. The fraction of sp³-hybridized carbons (Fsp3) is 0.250. The number of amides is 3. The maximum atomic E-state index is 12.8. The van der Waals surface area contributed by atoms with Crippen molar-refractivity contribution in [2.45, 2.75) is 31.8 Å². The molecule has 3 rings (SSSR count). The average molecular weight is 333 g/mol. The molecule has 126 valence electrons. The van der Waals surface area contributed by atoms with Crippen molar-refractivity contribution >= 4 is 11.9 Å². The maximum absolute atomic E-state index is 12.8. The van der Waals surface area contributed by atoms with Crippen LogP contribution in [0.1, 0.15) is 30.0 Å². The fourth-order valence-corrected chi connectivity index (χ4v) is 3.04. The van der Waals surface area contributed by atoms with Gasteiger partial charge in [0.25, 0.3) is 5.91 Å². The van der Waals surface area contributed by atoms with Crippen molar-refractivity contribution in [3.8, 4) is 6.07 Å². The Bertz CT molecular complexity index is 842. The number of aryl methyl sites for hydroxylation is 1. The summed E-state index contributed by atoms with van der Waals surface area (Å²) in [7, 11) is 0. The van der Waals surface area contributed by atoms with Gasteiger partial charge < -0.3 is 5.32 Å². The second kappa shape index (κ2) is 6.78. The number of carbonyl (C=O) groups excluding carboxylic acids is 2. The van der Waals surface area contributed by atoms with Crippen molar-refractivity contribution < 1.29 is 9.59 Å². The predicted molar refractivity (Wildman–Crippen MR) is 93.4 cm³/mol. The van der Waals surface area contributed by atoms with E-state index in [0.717, 1.165) is 5.56 Å². The molecule has 0 unspecified atom stereocenters. The van der Waals surface area contributed by atoms with Gasteiger partial charge in [0.2, 0.25) is 0 Å². The molecule has 5 nitrogen and oxygen atoms in total. The molecule has 1 fully saturated rings. The molecule has 25 heavy (non-hydrogen) atoms. The standard InChI is InChI=1S/C20H19N3O2/c1-20(12-11-15-7-3-2-4-8-15)18(24)23(19(25)22-20)14-17-10-6-5-9-16(17)13-21/h2-10H,11-12,14H2,1H3,(H,22,25)/t20-/m1/s1. The Morgan fingerprint density at radius 1 is 1.08 bits per heavy atom. The Kier molecular flexibility index (Phi) is 4.53. The number of nitriles is 1. The Labute approximate surface area is 146 Å². The van der Waals surface area contributed by atoms with Crippen LogP contribution in [0.25, 0.3) is 0 Å². The van der Waals surface area contributed by atoms with E-state index in [0.29, 0.717) is 24.0 Å². The summed E-state index contributed by atoms with van der Waals surface area (Å²) in [5.41, 5.74) is 1.34. The van der Waals surface area contributed by atoms with Gasteiger partial charge in [0.15, 0.2) is 0 Å². The van der Waals surface area contributed by atoms with E-state index in [4.69, 9.17) is 0 Å². The van der Waals surface area contributed by atoms with Crippen molar-refractivity contribution in [1.82, 2.24) is 10.2 Å². The Morgan fingerprint density at radius 2 is 1.76 bits per heavy atom. The fourth-order valence-electron chi connectivity index (χ4n) is 3.04. The smallest absolute Gasteiger partial charge is 0.323 e. The first-order chi connectivity index (χ1) is 12.0. The van der Waals surface area contributed by atoms with Crippen LogP contribution in [0.3, 0.4) is 0 Å². The average Bonchev–Trinajstić information content (AvgIpc) is 2.85. The van der Waals surface area contributed by atoms with Crippen molar-refractivity contribution in [1.29, 1.82) is 5.26 Å². The van der Waals surface area contributed by atoms with Crippen LogP contribution in [-0.4, -0.2) is 22.4 Å². The van der Waals surface area contributed by atoms with E-state index in [1.54, 1.807) is 31.2 Å². The molecule has 0 saturated carbocycles. The van der Waals surface area contributed by atoms with Crippen molar-refractivity contribution in [2.24, 2.45) is 0 Å². The molecular formula is C20H19N3O2. The predicted octanol–water partition coefficient (Wildman–Crippen LogP) is 3.00. The van der Waals surface area contributed by atoms with Crippen molar-refractivity contribution in [3.63, 3.8) is 0 Å². The van der Waals surface area contributed by atoms with E-state index in [1.807, 2.05) is 30.3 Å². The zero-order valence-corrected chi connectivity index (χ0v) is 14.0. The highest BCUT2D eigenvalue weighted by molar-refractivity contribution is 6.06. The molecule has 1 aliphatic rings. The van der Waals surface area contributed by atoms with Crippen molar-refractivity contribution in [3.05, 3.63) is 71.3 Å². The minimum atomic E-state index is -0.922. The third kappa shape index (κ3) is 3.38. The van der Waals surface area contributed by atoms with Crippen LogP contribution in [0.4, 0.5) is 4.79 Å². The zero-order chi connectivity index (χ0) is 17.9. The first kappa shape index (κ1) is 16.7. The summed E-state index contributed by atoms with van der Waals surface area (Å²) in [6, 6.07) is 18.6. The van der Waals surface area contributed by atoms with Crippen LogP contribution in [0.5, 0.6) is 0 Å². The molecule has 0 spiro atoms. The minimum absolute atomic E-state index is 0.106. The summed E-state index contributed by atoms with van der Waals surface area (Å²) in [6.45, 7) is 1.86. The van der Waals surface area contributed by atoms with Gasteiger partial charge in [-0.1, -0.05) is 48.5 Å². The first-order valence-corrected chi connectivity index (χ1v) is 8.19. The highest BCUT2D eigenvalue weighted by atomic mass is 16.2. The number of nitrogens with one attached hydrogen (secondary N) is 1. The van der Waals surface area contributed by atoms with Crippen LogP contribution in [-0.2, 0) is 17.8 Å². The summed E-state index contributed by atoms with van der Waals surface area (Å²) >= 11 is 0. The topological polar surface area (TPSA) is 73.2 Å². The molecule has 1 heterocycles. The molecule has 0 bridgehead atoms. The Balaban J connectivity index is 1.74. The molecule has 5 heteroatoms. The van der Waals surface area contributed by atoms with Gasteiger partial charge in [-0.15, -0.1) is 0 Å². The summed E-state index contributed by atoms with van der Waals surface area (Å²) in [4.78, 5) is 26.3. The highest BCUT2D eigenvalue weighted by Crippen LogP contribution is 2.25. The number of urea groups is 1. The van der Waals surface area contributed by atoms with Crippen LogP contribution < -0.4 is 5.32 Å². The third-order valence-corrected chi connectivity index (χ3v) is 4.57. The molecule has 1 aliphatic heterocycles. The third-order valence-electron chi connectivity index (χ3n) is 4.57. The Hall–Kier alpha value is -3.13. The zero-order valence-electron chi connectivity index (χ0n) is 14.0. The molecular weight excluding hydrogens is 314 g/mol. The number of hydrogen-bond acceptors (Lipinski definition) is 3. The summed E-state index contributed by atoms with van der Waals surface area (Å²) in [5, 5.41) is 12.0. The number of hydrogen-bond donors (Lipinski definition) is 1. The lowest BCUT2D eigenvalue weighted by Crippen LogP contribution is -2.44. The molecule has 2 aromatic carbocycles. The number of rotatable bonds is 5. The monoisotopic (exact) mass is 333 g/mol. The van der Waals surface area contributed by atoms with E-state index < -0.39 is 11.6 Å². The number of carbonyl (C=O) groups is 2. The van der Waals surface area contributed by atoms with Gasteiger partial charge in [0, 0.05) is 0 Å². The summed E-state index contributed by atoms with van der Waals surface area (Å²) < 4.78 is 0. The molecule has 1 atom stereocenters. The maximum Gasteiger partial charge on any atom is 0.325 e. The van der Waals surface area contributed by atoms with Gasteiger partial charge in [-0.25, -0.2) is 4.79 Å².